The Labute approximate surface area is 155 Å². The van der Waals surface area contributed by atoms with Crippen LogP contribution in [0.4, 0.5) is 11.4 Å². The van der Waals surface area contributed by atoms with Gasteiger partial charge in [-0.05, 0) is 49.5 Å². The van der Waals surface area contributed by atoms with Crippen molar-refractivity contribution >= 4 is 57.8 Å². The van der Waals surface area contributed by atoms with Crippen LogP contribution in [0.5, 0.6) is 0 Å². The quantitative estimate of drug-likeness (QED) is 0.478. The maximum absolute atomic E-state index is 12.1. The molecule has 1 atom stereocenters. The van der Waals surface area contributed by atoms with E-state index >= 15 is 0 Å². The van der Waals surface area contributed by atoms with Crippen molar-refractivity contribution in [3.05, 3.63) is 58.6 Å². The van der Waals surface area contributed by atoms with Crippen molar-refractivity contribution in [2.45, 2.75) is 13.0 Å². The summed E-state index contributed by atoms with van der Waals surface area (Å²) in [4.78, 5) is 12.1. The Kier molecular flexibility index (Phi) is 6.66. The van der Waals surface area contributed by atoms with E-state index in [9.17, 15) is 4.79 Å². The van der Waals surface area contributed by atoms with E-state index in [0.29, 0.717) is 15.7 Å². The summed E-state index contributed by atoms with van der Waals surface area (Å²) in [5.41, 5.74) is 6.70. The molecular formula is C16H16Cl2N4OS. The lowest BCUT2D eigenvalue weighted by molar-refractivity contribution is -0.122. The Hall–Kier alpha value is -2.02. The van der Waals surface area contributed by atoms with E-state index in [1.165, 1.54) is 0 Å². The van der Waals surface area contributed by atoms with Gasteiger partial charge in [0.25, 0.3) is 5.91 Å². The molecule has 8 heteroatoms. The molecule has 1 amide bonds. The molecule has 4 N–H and O–H groups in total. The van der Waals surface area contributed by atoms with Crippen LogP contribution in [-0.2, 0) is 4.79 Å². The standard InChI is InChI=1S/C16H16Cl2N4OS/c1-10(19-12-7-8-13(17)14(18)9-12)15(23)21-22-16(24)20-11-5-3-2-4-6-11/h2-10,19H,1H3,(H,21,23)(H2,20,22,24)/t10-/m0/s1. The number of hydrogen-bond acceptors (Lipinski definition) is 3. The smallest absolute Gasteiger partial charge is 0.260 e. The minimum Gasteiger partial charge on any atom is -0.374 e. The summed E-state index contributed by atoms with van der Waals surface area (Å²) < 4.78 is 0. The number of carbonyl (C=O) groups is 1. The number of thiocarbonyl (C=S) groups is 1. The number of nitrogens with one attached hydrogen (secondary N) is 4. The van der Waals surface area contributed by atoms with Crippen molar-refractivity contribution in [3.63, 3.8) is 0 Å². The molecule has 0 aliphatic carbocycles. The van der Waals surface area contributed by atoms with E-state index in [-0.39, 0.29) is 11.0 Å². The second-order valence-electron chi connectivity index (χ2n) is 4.93. The van der Waals surface area contributed by atoms with Crippen molar-refractivity contribution in [2.24, 2.45) is 0 Å². The average Bonchev–Trinajstić information content (AvgIpc) is 2.57. The second kappa shape index (κ2) is 8.73. The molecule has 5 nitrogen and oxygen atoms in total. The molecule has 0 saturated carbocycles. The largest absolute Gasteiger partial charge is 0.374 e. The van der Waals surface area contributed by atoms with Gasteiger partial charge < -0.3 is 10.6 Å². The Bertz CT molecular complexity index is 727. The minimum absolute atomic E-state index is 0.279. The highest BCUT2D eigenvalue weighted by atomic mass is 35.5. The number of rotatable bonds is 4. The van der Waals surface area contributed by atoms with Gasteiger partial charge in [0.2, 0.25) is 0 Å². The van der Waals surface area contributed by atoms with Crippen LogP contribution in [0.1, 0.15) is 6.92 Å². The van der Waals surface area contributed by atoms with E-state index < -0.39 is 6.04 Å². The van der Waals surface area contributed by atoms with E-state index in [2.05, 4.69) is 21.5 Å². The molecule has 0 aliphatic heterocycles. The fraction of sp³-hybridized carbons (Fsp3) is 0.125. The highest BCUT2D eigenvalue weighted by molar-refractivity contribution is 7.80. The van der Waals surface area contributed by atoms with Crippen LogP contribution in [0.25, 0.3) is 0 Å². The predicted octanol–water partition coefficient (Wildman–Crippen LogP) is 3.81. The summed E-state index contributed by atoms with van der Waals surface area (Å²) in [5.74, 6) is -0.279. The van der Waals surface area contributed by atoms with Crippen molar-refractivity contribution in [1.29, 1.82) is 0 Å². The first-order valence-corrected chi connectivity index (χ1v) is 8.25. The summed E-state index contributed by atoms with van der Waals surface area (Å²) in [7, 11) is 0. The van der Waals surface area contributed by atoms with Crippen LogP contribution in [0.15, 0.2) is 48.5 Å². The number of benzene rings is 2. The summed E-state index contributed by atoms with van der Waals surface area (Å²) >= 11 is 16.9. The molecule has 0 bridgehead atoms. The average molecular weight is 383 g/mol. The molecule has 2 aromatic rings. The molecule has 0 fully saturated rings. The zero-order valence-corrected chi connectivity index (χ0v) is 15.1. The lowest BCUT2D eigenvalue weighted by Crippen LogP contribution is -2.49. The molecule has 0 aromatic heterocycles. The SMILES string of the molecule is C[C@H](Nc1ccc(Cl)c(Cl)c1)C(=O)NNC(=S)Nc1ccccc1. The number of para-hydroxylation sites is 1. The van der Waals surface area contributed by atoms with Gasteiger partial charge in [-0.25, -0.2) is 0 Å². The van der Waals surface area contributed by atoms with Crippen LogP contribution < -0.4 is 21.5 Å². The fourth-order valence-corrected chi connectivity index (χ4v) is 2.28. The summed E-state index contributed by atoms with van der Waals surface area (Å²) in [6, 6.07) is 14.0. The third kappa shape index (κ3) is 5.56. The topological polar surface area (TPSA) is 65.2 Å². The number of amides is 1. The first kappa shape index (κ1) is 18.3. The van der Waals surface area contributed by atoms with E-state index in [1.807, 2.05) is 30.3 Å². The van der Waals surface area contributed by atoms with Gasteiger partial charge in [0.15, 0.2) is 5.11 Å². The summed E-state index contributed by atoms with van der Waals surface area (Å²) in [6.45, 7) is 1.72. The molecule has 24 heavy (non-hydrogen) atoms. The zero-order chi connectivity index (χ0) is 17.5. The molecule has 0 heterocycles. The molecule has 2 aromatic carbocycles. The molecular weight excluding hydrogens is 367 g/mol. The lowest BCUT2D eigenvalue weighted by Gasteiger charge is -2.17. The number of halogens is 2. The van der Waals surface area contributed by atoms with E-state index in [1.54, 1.807) is 25.1 Å². The maximum atomic E-state index is 12.1. The van der Waals surface area contributed by atoms with E-state index in [0.717, 1.165) is 5.69 Å². The molecule has 126 valence electrons. The Morgan fingerprint density at radius 2 is 1.71 bits per heavy atom. The summed E-state index contributed by atoms with van der Waals surface area (Å²) in [6.07, 6.45) is 0. The molecule has 0 spiro atoms. The third-order valence-electron chi connectivity index (χ3n) is 3.03. The number of hydrazine groups is 1. The van der Waals surface area contributed by atoms with Crippen molar-refractivity contribution in [3.8, 4) is 0 Å². The first-order chi connectivity index (χ1) is 11.5. The van der Waals surface area contributed by atoms with Crippen LogP contribution in [0.3, 0.4) is 0 Å². The number of carbonyl (C=O) groups excluding carboxylic acids is 1. The van der Waals surface area contributed by atoms with Gasteiger partial charge in [-0.3, -0.25) is 15.6 Å². The zero-order valence-electron chi connectivity index (χ0n) is 12.8. The Morgan fingerprint density at radius 3 is 2.38 bits per heavy atom. The van der Waals surface area contributed by atoms with Gasteiger partial charge in [-0.15, -0.1) is 0 Å². The van der Waals surface area contributed by atoms with Crippen molar-refractivity contribution < 1.29 is 4.79 Å². The molecule has 0 aliphatic rings. The van der Waals surface area contributed by atoms with Gasteiger partial charge in [0.1, 0.15) is 6.04 Å². The lowest BCUT2D eigenvalue weighted by atomic mass is 10.2. The second-order valence-corrected chi connectivity index (χ2v) is 6.15. The Morgan fingerprint density at radius 1 is 1.00 bits per heavy atom. The molecule has 0 saturated heterocycles. The number of hydrogen-bond donors (Lipinski definition) is 4. The molecule has 0 unspecified atom stereocenters. The molecule has 0 radical (unpaired) electrons. The predicted molar refractivity (Wildman–Crippen MR) is 103 cm³/mol. The van der Waals surface area contributed by atoms with Gasteiger partial charge >= 0.3 is 0 Å². The van der Waals surface area contributed by atoms with Crippen LogP contribution in [-0.4, -0.2) is 17.1 Å². The van der Waals surface area contributed by atoms with Crippen LogP contribution >= 0.6 is 35.4 Å². The van der Waals surface area contributed by atoms with Gasteiger partial charge in [-0.1, -0.05) is 41.4 Å². The normalized spacial score (nSPS) is 11.3. The van der Waals surface area contributed by atoms with Gasteiger partial charge in [0.05, 0.1) is 10.0 Å². The van der Waals surface area contributed by atoms with E-state index in [4.69, 9.17) is 35.4 Å². The van der Waals surface area contributed by atoms with Gasteiger partial charge in [-0.2, -0.15) is 0 Å². The number of anilines is 2. The molecule has 2 rings (SSSR count). The third-order valence-corrected chi connectivity index (χ3v) is 3.97. The Balaban J connectivity index is 1.80. The first-order valence-electron chi connectivity index (χ1n) is 7.09. The highest BCUT2D eigenvalue weighted by Gasteiger charge is 2.13. The highest BCUT2D eigenvalue weighted by Crippen LogP contribution is 2.25. The van der Waals surface area contributed by atoms with Crippen LogP contribution in [0, 0.1) is 0 Å². The fourth-order valence-electron chi connectivity index (χ4n) is 1.81. The van der Waals surface area contributed by atoms with Crippen molar-refractivity contribution in [2.75, 3.05) is 10.6 Å². The minimum atomic E-state index is -0.505. The monoisotopic (exact) mass is 382 g/mol. The van der Waals surface area contributed by atoms with Crippen LogP contribution in [0.2, 0.25) is 10.0 Å². The summed E-state index contributed by atoms with van der Waals surface area (Å²) in [5, 5.41) is 7.14. The van der Waals surface area contributed by atoms with Crippen molar-refractivity contribution in [1.82, 2.24) is 10.9 Å². The maximum Gasteiger partial charge on any atom is 0.260 e. The van der Waals surface area contributed by atoms with Gasteiger partial charge in [0, 0.05) is 11.4 Å².